The predicted octanol–water partition coefficient (Wildman–Crippen LogP) is 5.97. The van der Waals surface area contributed by atoms with Crippen LogP contribution in [0.15, 0.2) is 65.6 Å². The maximum Gasteiger partial charge on any atom is 0.416 e. The number of benzene rings is 3. The fourth-order valence-electron chi connectivity index (χ4n) is 5.40. The van der Waals surface area contributed by atoms with Gasteiger partial charge >= 0.3 is 12.1 Å². The Bertz CT molecular complexity index is 1600. The first kappa shape index (κ1) is 29.8. The minimum atomic E-state index is -4.80. The van der Waals surface area contributed by atoms with Crippen LogP contribution in [0.2, 0.25) is 0 Å². The number of anilines is 1. The van der Waals surface area contributed by atoms with Crippen LogP contribution >= 0.6 is 0 Å². The molecule has 0 amide bonds. The molecule has 0 radical (unpaired) electrons. The van der Waals surface area contributed by atoms with Crippen molar-refractivity contribution in [3.63, 3.8) is 0 Å². The summed E-state index contributed by atoms with van der Waals surface area (Å²) in [5.74, 6) is -1.96. The number of sulfonamides is 1. The molecule has 2 heterocycles. The van der Waals surface area contributed by atoms with Crippen molar-refractivity contribution in [3.05, 3.63) is 77.9 Å². The second-order valence-corrected chi connectivity index (χ2v) is 12.1. The van der Waals surface area contributed by atoms with E-state index < -0.39 is 55.8 Å². The van der Waals surface area contributed by atoms with Gasteiger partial charge in [-0.05, 0) is 66.9 Å². The molecular formula is C29H26F5NO6S. The normalized spacial score (nSPS) is 18.6. The zero-order valence-electron chi connectivity index (χ0n) is 22.3. The first-order valence-corrected chi connectivity index (χ1v) is 14.4. The number of hydrogen-bond acceptors (Lipinski definition) is 6. The van der Waals surface area contributed by atoms with Gasteiger partial charge in [0.15, 0.2) is 0 Å². The summed E-state index contributed by atoms with van der Waals surface area (Å²) in [6.45, 7) is 0.167. The van der Waals surface area contributed by atoms with E-state index in [1.54, 1.807) is 0 Å². The fraction of sp³-hybridized carbons (Fsp3) is 0.345. The molecule has 3 aromatic carbocycles. The van der Waals surface area contributed by atoms with Gasteiger partial charge in [-0.25, -0.2) is 17.2 Å². The van der Waals surface area contributed by atoms with Crippen molar-refractivity contribution < 1.29 is 49.4 Å². The van der Waals surface area contributed by atoms with Crippen molar-refractivity contribution in [1.29, 1.82) is 0 Å². The standard InChI is InChI=1S/C29H26F5NO6S/c1-39-27(36)28(9-11-40-12-10-28)16-21-17-35(42(37,38)22-4-2-3-19(14-22)29(32,33)34)25-13-18(5-8-26(25)41-21)23-15-20(30)6-7-24(23)31/h2-8,13-15,21H,9-12,16-17H2,1H3/t21-/m0/s1. The van der Waals surface area contributed by atoms with E-state index in [0.29, 0.717) is 18.9 Å². The van der Waals surface area contributed by atoms with Crippen LogP contribution in [0.4, 0.5) is 27.6 Å². The van der Waals surface area contributed by atoms with E-state index in [2.05, 4.69) is 0 Å². The van der Waals surface area contributed by atoms with Crippen LogP contribution in [0.3, 0.4) is 0 Å². The number of fused-ring (bicyclic) bond motifs is 1. The number of nitrogens with zero attached hydrogens (tertiary/aromatic N) is 1. The average molecular weight is 612 g/mol. The lowest BCUT2D eigenvalue weighted by molar-refractivity contribution is -0.161. The number of carbonyl (C=O) groups excluding carboxylic acids is 1. The molecule has 0 aliphatic carbocycles. The molecule has 42 heavy (non-hydrogen) atoms. The van der Waals surface area contributed by atoms with Crippen LogP contribution in [0.1, 0.15) is 24.8 Å². The highest BCUT2D eigenvalue weighted by molar-refractivity contribution is 7.92. The van der Waals surface area contributed by atoms with E-state index in [1.807, 2.05) is 0 Å². The molecule has 0 unspecified atom stereocenters. The minimum absolute atomic E-state index is 0.0365. The molecule has 0 spiro atoms. The maximum atomic E-state index is 14.6. The number of carbonyl (C=O) groups is 1. The number of alkyl halides is 3. The smallest absolute Gasteiger partial charge is 0.416 e. The van der Waals surface area contributed by atoms with Crippen LogP contribution in [-0.2, 0) is 30.5 Å². The minimum Gasteiger partial charge on any atom is -0.486 e. The first-order chi connectivity index (χ1) is 19.8. The van der Waals surface area contributed by atoms with E-state index in [-0.39, 0.29) is 48.7 Å². The third-order valence-electron chi connectivity index (χ3n) is 7.57. The van der Waals surface area contributed by atoms with Crippen molar-refractivity contribution in [2.45, 2.75) is 36.4 Å². The highest BCUT2D eigenvalue weighted by Crippen LogP contribution is 2.45. The Morgan fingerprint density at radius 1 is 1.05 bits per heavy atom. The highest BCUT2D eigenvalue weighted by Gasteiger charge is 2.46. The lowest BCUT2D eigenvalue weighted by atomic mass is 9.75. The van der Waals surface area contributed by atoms with Gasteiger partial charge in [0.1, 0.15) is 23.5 Å². The van der Waals surface area contributed by atoms with E-state index >= 15 is 0 Å². The number of ether oxygens (including phenoxy) is 3. The molecule has 5 rings (SSSR count). The molecule has 2 aliphatic rings. The topological polar surface area (TPSA) is 82.1 Å². The predicted molar refractivity (Wildman–Crippen MR) is 141 cm³/mol. The summed E-state index contributed by atoms with van der Waals surface area (Å²) in [7, 11) is -3.41. The summed E-state index contributed by atoms with van der Waals surface area (Å²) in [5, 5.41) is 0. The Balaban J connectivity index is 1.61. The van der Waals surface area contributed by atoms with Crippen LogP contribution in [0.5, 0.6) is 5.75 Å². The van der Waals surface area contributed by atoms with E-state index in [1.165, 1.54) is 25.3 Å². The van der Waals surface area contributed by atoms with Crippen molar-refractivity contribution >= 4 is 21.7 Å². The molecule has 0 aromatic heterocycles. The molecule has 7 nitrogen and oxygen atoms in total. The molecule has 13 heteroatoms. The van der Waals surface area contributed by atoms with Crippen LogP contribution in [0.25, 0.3) is 11.1 Å². The van der Waals surface area contributed by atoms with Crippen molar-refractivity contribution in [3.8, 4) is 16.9 Å². The van der Waals surface area contributed by atoms with Crippen molar-refractivity contribution in [2.24, 2.45) is 5.41 Å². The number of methoxy groups -OCH3 is 1. The van der Waals surface area contributed by atoms with E-state index in [4.69, 9.17) is 14.2 Å². The number of hydrogen-bond donors (Lipinski definition) is 0. The highest BCUT2D eigenvalue weighted by atomic mass is 32.2. The van der Waals surface area contributed by atoms with E-state index in [9.17, 15) is 35.2 Å². The summed E-state index contributed by atoms with van der Waals surface area (Å²) in [5.41, 5.74) is -2.30. The van der Waals surface area contributed by atoms with Gasteiger partial charge in [-0.1, -0.05) is 12.1 Å². The maximum absolute atomic E-state index is 14.6. The molecule has 0 bridgehead atoms. The third kappa shape index (κ3) is 5.67. The summed E-state index contributed by atoms with van der Waals surface area (Å²) >= 11 is 0. The van der Waals surface area contributed by atoms with E-state index in [0.717, 1.165) is 40.7 Å². The SMILES string of the molecule is COC(=O)C1(C[C@H]2CN(S(=O)(=O)c3cccc(C(F)(F)F)c3)c3cc(-c4cc(F)ccc4F)ccc3O2)CCOCC1. The summed E-state index contributed by atoms with van der Waals surface area (Å²) in [6.07, 6.45) is -5.08. The summed E-state index contributed by atoms with van der Waals surface area (Å²) < 4.78 is 114. The zero-order chi connectivity index (χ0) is 30.3. The zero-order valence-corrected chi connectivity index (χ0v) is 23.1. The molecule has 0 N–H and O–H groups in total. The Morgan fingerprint density at radius 3 is 2.48 bits per heavy atom. The quantitative estimate of drug-likeness (QED) is 0.253. The van der Waals surface area contributed by atoms with Gasteiger partial charge in [0.2, 0.25) is 0 Å². The summed E-state index contributed by atoms with van der Waals surface area (Å²) in [4.78, 5) is 12.2. The average Bonchev–Trinajstić information content (AvgIpc) is 2.97. The molecule has 0 saturated carbocycles. The van der Waals surface area contributed by atoms with Crippen LogP contribution in [0, 0.1) is 17.0 Å². The first-order valence-electron chi connectivity index (χ1n) is 13.0. The largest absolute Gasteiger partial charge is 0.486 e. The van der Waals surface area contributed by atoms with Crippen molar-refractivity contribution in [2.75, 3.05) is 31.2 Å². The van der Waals surface area contributed by atoms with Gasteiger partial charge in [-0.2, -0.15) is 13.2 Å². The Hall–Kier alpha value is -3.71. The van der Waals surface area contributed by atoms with Gasteiger partial charge in [0, 0.05) is 25.2 Å². The Morgan fingerprint density at radius 2 is 1.79 bits per heavy atom. The van der Waals surface area contributed by atoms with Gasteiger partial charge in [-0.15, -0.1) is 0 Å². The number of rotatable bonds is 6. The van der Waals surface area contributed by atoms with Crippen LogP contribution in [-0.4, -0.2) is 47.4 Å². The number of esters is 1. The molecule has 3 aromatic rings. The molecule has 1 saturated heterocycles. The monoisotopic (exact) mass is 611 g/mol. The Labute approximate surface area is 238 Å². The van der Waals surface area contributed by atoms with Gasteiger partial charge in [-0.3, -0.25) is 9.10 Å². The molecule has 1 atom stereocenters. The number of halogens is 5. The second kappa shape index (κ2) is 11.2. The Kier molecular flexibility index (Phi) is 7.92. The van der Waals surface area contributed by atoms with Gasteiger partial charge in [0.05, 0.1) is 35.2 Å². The van der Waals surface area contributed by atoms with Crippen molar-refractivity contribution in [1.82, 2.24) is 0 Å². The molecule has 1 fully saturated rings. The fourth-order valence-corrected chi connectivity index (χ4v) is 6.94. The lowest BCUT2D eigenvalue weighted by Crippen LogP contribution is -2.48. The molecule has 224 valence electrons. The van der Waals surface area contributed by atoms with Gasteiger partial charge in [0.25, 0.3) is 10.0 Å². The van der Waals surface area contributed by atoms with Gasteiger partial charge < -0.3 is 14.2 Å². The lowest BCUT2D eigenvalue weighted by Gasteiger charge is -2.41. The molecule has 2 aliphatic heterocycles. The van der Waals surface area contributed by atoms with Crippen LogP contribution < -0.4 is 9.04 Å². The summed E-state index contributed by atoms with van der Waals surface area (Å²) in [6, 6.07) is 10.2. The molecular weight excluding hydrogens is 585 g/mol. The third-order valence-corrected chi connectivity index (χ3v) is 9.34. The second-order valence-electron chi connectivity index (χ2n) is 10.2.